The number of rotatable bonds is 9. The number of ether oxygens (including phenoxy) is 4. The number of ketones is 1. The summed E-state index contributed by atoms with van der Waals surface area (Å²) in [6.45, 7) is 2.78. The molecule has 5 rings (SSSR count). The second-order valence-electron chi connectivity index (χ2n) is 9.87. The number of unbranched alkanes of at least 4 members (excludes halogenated alkanes) is 1. The topological polar surface area (TPSA) is 78.1 Å². The zero-order valence-corrected chi connectivity index (χ0v) is 23.0. The molecule has 0 aromatic heterocycles. The molecule has 7 heteroatoms. The van der Waals surface area contributed by atoms with Crippen LogP contribution in [0.15, 0.2) is 71.9 Å². The highest BCUT2D eigenvalue weighted by atomic mass is 16.5. The van der Waals surface area contributed by atoms with E-state index in [2.05, 4.69) is 23.6 Å². The van der Waals surface area contributed by atoms with Gasteiger partial charge in [-0.2, -0.15) is 0 Å². The van der Waals surface area contributed by atoms with E-state index in [-0.39, 0.29) is 17.7 Å². The first kappa shape index (κ1) is 26.5. The molecule has 2 aliphatic rings. The van der Waals surface area contributed by atoms with E-state index in [9.17, 15) is 4.79 Å². The zero-order valence-electron chi connectivity index (χ0n) is 23.0. The second-order valence-corrected chi connectivity index (χ2v) is 9.87. The Bertz CT molecular complexity index is 1360. The number of carbonyl (C=O) groups is 1. The number of para-hydroxylation sites is 3. The third-order valence-electron chi connectivity index (χ3n) is 7.45. The van der Waals surface area contributed by atoms with Gasteiger partial charge in [0.05, 0.1) is 45.4 Å². The molecule has 2 atom stereocenters. The van der Waals surface area contributed by atoms with Gasteiger partial charge in [-0.15, -0.1) is 0 Å². The Balaban J connectivity index is 1.58. The molecule has 0 spiro atoms. The summed E-state index contributed by atoms with van der Waals surface area (Å²) in [5.41, 5.74) is 5.47. The predicted octanol–water partition coefficient (Wildman–Crippen LogP) is 6.87. The number of carbonyl (C=O) groups excluding carboxylic acids is 1. The molecule has 1 heterocycles. The van der Waals surface area contributed by atoms with Crippen LogP contribution < -0.4 is 29.6 Å². The number of nitrogens with one attached hydrogen (secondary N) is 2. The molecule has 0 saturated heterocycles. The molecule has 0 bridgehead atoms. The van der Waals surface area contributed by atoms with Crippen molar-refractivity contribution < 1.29 is 23.7 Å². The standard InChI is InChI=1S/C32H36N2O5/c1-5-6-15-39-27-14-10-7-11-22(27)31-30-25(33-23-12-8-9-13-24(23)34-31)16-20(17-26(30)35)21-18-28(36-2)32(38-4)29(19-21)37-3/h7-14,18-20,31,33-34H,5-6,15-17H2,1-4H3. The van der Waals surface area contributed by atoms with Gasteiger partial charge in [0.1, 0.15) is 5.75 Å². The number of anilines is 2. The van der Waals surface area contributed by atoms with Gasteiger partial charge in [-0.1, -0.05) is 43.7 Å². The average molecular weight is 529 g/mol. The van der Waals surface area contributed by atoms with Gasteiger partial charge in [-0.25, -0.2) is 0 Å². The Morgan fingerprint density at radius 3 is 2.23 bits per heavy atom. The van der Waals surface area contributed by atoms with Gasteiger partial charge in [0, 0.05) is 23.3 Å². The van der Waals surface area contributed by atoms with Crippen LogP contribution in [0.3, 0.4) is 0 Å². The SMILES string of the molecule is CCCCOc1ccccc1C1Nc2ccccc2NC2=C1C(=O)CC(c1cc(OC)c(OC)c(OC)c1)C2. The first-order valence-electron chi connectivity index (χ1n) is 13.5. The monoisotopic (exact) mass is 528 g/mol. The Kier molecular flexibility index (Phi) is 7.96. The van der Waals surface area contributed by atoms with Crippen molar-refractivity contribution >= 4 is 17.2 Å². The van der Waals surface area contributed by atoms with E-state index < -0.39 is 0 Å². The molecule has 39 heavy (non-hydrogen) atoms. The Morgan fingerprint density at radius 2 is 1.54 bits per heavy atom. The van der Waals surface area contributed by atoms with Crippen LogP contribution in [-0.2, 0) is 4.79 Å². The van der Waals surface area contributed by atoms with Crippen LogP contribution >= 0.6 is 0 Å². The van der Waals surface area contributed by atoms with Crippen LogP contribution in [0.1, 0.15) is 55.7 Å². The van der Waals surface area contributed by atoms with Gasteiger partial charge < -0.3 is 29.6 Å². The molecule has 0 amide bonds. The number of methoxy groups -OCH3 is 3. The highest BCUT2D eigenvalue weighted by Gasteiger charge is 2.37. The van der Waals surface area contributed by atoms with Gasteiger partial charge in [-0.3, -0.25) is 4.79 Å². The summed E-state index contributed by atoms with van der Waals surface area (Å²) >= 11 is 0. The van der Waals surface area contributed by atoms with Crippen molar-refractivity contribution in [2.75, 3.05) is 38.6 Å². The molecule has 2 unspecified atom stereocenters. The predicted molar refractivity (Wildman–Crippen MR) is 153 cm³/mol. The minimum atomic E-state index is -0.345. The van der Waals surface area contributed by atoms with Gasteiger partial charge in [-0.05, 0) is 54.7 Å². The first-order chi connectivity index (χ1) is 19.1. The highest BCUT2D eigenvalue weighted by molar-refractivity contribution is 6.01. The fourth-order valence-corrected chi connectivity index (χ4v) is 5.48. The fourth-order valence-electron chi connectivity index (χ4n) is 5.48. The summed E-state index contributed by atoms with van der Waals surface area (Å²) in [6.07, 6.45) is 3.05. The Labute approximate surface area is 230 Å². The number of hydrogen-bond acceptors (Lipinski definition) is 7. The molecule has 2 N–H and O–H groups in total. The average Bonchev–Trinajstić information content (AvgIpc) is 3.13. The molecular formula is C32H36N2O5. The van der Waals surface area contributed by atoms with E-state index in [1.807, 2.05) is 54.6 Å². The third kappa shape index (κ3) is 5.26. The van der Waals surface area contributed by atoms with E-state index in [1.54, 1.807) is 21.3 Å². The van der Waals surface area contributed by atoms with Crippen LogP contribution in [0.2, 0.25) is 0 Å². The van der Waals surface area contributed by atoms with E-state index in [0.29, 0.717) is 36.7 Å². The molecule has 0 saturated carbocycles. The van der Waals surface area contributed by atoms with Crippen LogP contribution in [-0.4, -0.2) is 33.7 Å². The molecule has 7 nitrogen and oxygen atoms in total. The number of benzene rings is 3. The maximum absolute atomic E-state index is 14.0. The van der Waals surface area contributed by atoms with Gasteiger partial charge in [0.15, 0.2) is 17.3 Å². The molecule has 3 aromatic carbocycles. The minimum absolute atomic E-state index is 0.0561. The normalized spacial score (nSPS) is 18.2. The number of fused-ring (bicyclic) bond motifs is 1. The second kappa shape index (κ2) is 11.7. The van der Waals surface area contributed by atoms with Crippen molar-refractivity contribution in [1.29, 1.82) is 0 Å². The maximum atomic E-state index is 14.0. The fraction of sp³-hybridized carbons (Fsp3) is 0.344. The quantitative estimate of drug-likeness (QED) is 0.293. The summed E-state index contributed by atoms with van der Waals surface area (Å²) in [5.74, 6) is 2.54. The molecule has 0 fully saturated rings. The summed E-state index contributed by atoms with van der Waals surface area (Å²) < 4.78 is 22.9. The first-order valence-corrected chi connectivity index (χ1v) is 13.5. The Morgan fingerprint density at radius 1 is 0.846 bits per heavy atom. The maximum Gasteiger partial charge on any atom is 0.203 e. The highest BCUT2D eigenvalue weighted by Crippen LogP contribution is 2.48. The van der Waals surface area contributed by atoms with Crippen LogP contribution in [0.5, 0.6) is 23.0 Å². The van der Waals surface area contributed by atoms with E-state index >= 15 is 0 Å². The molecule has 1 aliphatic heterocycles. The van der Waals surface area contributed by atoms with E-state index in [0.717, 1.165) is 52.4 Å². The minimum Gasteiger partial charge on any atom is -0.493 e. The molecule has 1 aliphatic carbocycles. The largest absolute Gasteiger partial charge is 0.493 e. The lowest BCUT2D eigenvalue weighted by Crippen LogP contribution is -2.27. The molecule has 0 radical (unpaired) electrons. The lowest BCUT2D eigenvalue weighted by molar-refractivity contribution is -0.116. The number of Topliss-reactive ketones (excluding diaryl/α,β-unsaturated/α-hetero) is 1. The van der Waals surface area contributed by atoms with Crippen molar-refractivity contribution in [2.24, 2.45) is 0 Å². The van der Waals surface area contributed by atoms with Crippen molar-refractivity contribution in [1.82, 2.24) is 0 Å². The van der Waals surface area contributed by atoms with Crippen molar-refractivity contribution in [3.63, 3.8) is 0 Å². The summed E-state index contributed by atoms with van der Waals surface area (Å²) in [7, 11) is 4.80. The molecule has 3 aromatic rings. The van der Waals surface area contributed by atoms with E-state index in [1.165, 1.54) is 0 Å². The number of allylic oxidation sites excluding steroid dienone is 1. The number of hydrogen-bond donors (Lipinski definition) is 2. The molecule has 204 valence electrons. The smallest absolute Gasteiger partial charge is 0.203 e. The third-order valence-corrected chi connectivity index (χ3v) is 7.45. The van der Waals surface area contributed by atoms with Crippen molar-refractivity contribution in [3.05, 3.63) is 83.1 Å². The Hall–Kier alpha value is -4.13. The summed E-state index contributed by atoms with van der Waals surface area (Å²) in [4.78, 5) is 14.0. The van der Waals surface area contributed by atoms with Crippen molar-refractivity contribution in [3.8, 4) is 23.0 Å². The lowest BCUT2D eigenvalue weighted by Gasteiger charge is -2.31. The van der Waals surface area contributed by atoms with Crippen LogP contribution in [0, 0.1) is 0 Å². The van der Waals surface area contributed by atoms with Gasteiger partial charge >= 0.3 is 0 Å². The zero-order chi connectivity index (χ0) is 27.4. The van der Waals surface area contributed by atoms with Gasteiger partial charge in [0.25, 0.3) is 0 Å². The van der Waals surface area contributed by atoms with E-state index in [4.69, 9.17) is 18.9 Å². The molecular weight excluding hydrogens is 492 g/mol. The lowest BCUT2D eigenvalue weighted by atomic mass is 9.78. The summed E-state index contributed by atoms with van der Waals surface area (Å²) in [5, 5.41) is 7.28. The van der Waals surface area contributed by atoms with Crippen LogP contribution in [0.25, 0.3) is 0 Å². The van der Waals surface area contributed by atoms with Crippen molar-refractivity contribution in [2.45, 2.75) is 44.6 Å². The summed E-state index contributed by atoms with van der Waals surface area (Å²) in [6, 6.07) is 19.6. The van der Waals surface area contributed by atoms with Gasteiger partial charge in [0.2, 0.25) is 5.75 Å². The van der Waals surface area contributed by atoms with Crippen LogP contribution in [0.4, 0.5) is 11.4 Å².